The average molecular weight is 186 g/mol. The number of hydrogen-bond acceptors (Lipinski definition) is 4. The number of hydrogen-bond donors (Lipinski definition) is 2. The zero-order chi connectivity index (χ0) is 10.3. The third kappa shape index (κ3) is 6.54. The molecular weight excluding hydrogens is 176 g/mol. The maximum absolute atomic E-state index is 10.7. The van der Waals surface area contributed by atoms with Gasteiger partial charge >= 0.3 is 12.0 Å². The van der Waals surface area contributed by atoms with Crippen molar-refractivity contribution >= 4 is 17.9 Å². The van der Waals surface area contributed by atoms with Crippen LogP contribution in [0.1, 0.15) is 6.92 Å². The van der Waals surface area contributed by atoms with E-state index < -0.39 is 17.9 Å². The van der Waals surface area contributed by atoms with Crippen molar-refractivity contribution in [1.82, 2.24) is 5.32 Å². The molecule has 0 aliphatic rings. The number of esters is 1. The van der Waals surface area contributed by atoms with Crippen LogP contribution in [0.15, 0.2) is 12.2 Å². The average Bonchev–Trinajstić information content (AvgIpc) is 2.00. The Morgan fingerprint density at radius 3 is 2.46 bits per heavy atom. The van der Waals surface area contributed by atoms with E-state index in [0.717, 1.165) is 12.2 Å². The topological polar surface area (TPSA) is 98.5 Å². The summed E-state index contributed by atoms with van der Waals surface area (Å²) < 4.78 is 4.48. The van der Waals surface area contributed by atoms with Gasteiger partial charge in [-0.15, -0.1) is 0 Å². The van der Waals surface area contributed by atoms with Crippen LogP contribution >= 0.6 is 0 Å². The van der Waals surface area contributed by atoms with Gasteiger partial charge in [-0.1, -0.05) is 0 Å². The van der Waals surface area contributed by atoms with Crippen molar-refractivity contribution in [2.45, 2.75) is 6.92 Å². The number of amides is 3. The van der Waals surface area contributed by atoms with Gasteiger partial charge in [0.25, 0.3) is 5.91 Å². The van der Waals surface area contributed by atoms with E-state index in [1.807, 2.05) is 0 Å². The van der Waals surface area contributed by atoms with E-state index in [2.05, 4.69) is 10.5 Å². The molecule has 0 unspecified atom stereocenters. The van der Waals surface area contributed by atoms with Crippen LogP contribution in [0.25, 0.3) is 0 Å². The summed E-state index contributed by atoms with van der Waals surface area (Å²) in [5, 5.41) is 1.75. The van der Waals surface area contributed by atoms with Gasteiger partial charge in [0.15, 0.2) is 0 Å². The molecule has 0 radical (unpaired) electrons. The molecule has 3 amide bonds. The molecule has 0 aromatic carbocycles. The van der Waals surface area contributed by atoms with Crippen molar-refractivity contribution in [2.24, 2.45) is 5.73 Å². The molecule has 0 aromatic heterocycles. The van der Waals surface area contributed by atoms with Gasteiger partial charge in [-0.2, -0.15) is 0 Å². The summed E-state index contributed by atoms with van der Waals surface area (Å²) in [6.07, 6.45) is 1.77. The van der Waals surface area contributed by atoms with E-state index in [1.165, 1.54) is 0 Å². The van der Waals surface area contributed by atoms with Crippen LogP contribution in [0.5, 0.6) is 0 Å². The summed E-state index contributed by atoms with van der Waals surface area (Å²) in [5.41, 5.74) is 4.64. The van der Waals surface area contributed by atoms with Crippen molar-refractivity contribution < 1.29 is 19.1 Å². The van der Waals surface area contributed by atoms with Crippen LogP contribution in [-0.4, -0.2) is 24.5 Å². The first-order valence-electron chi connectivity index (χ1n) is 3.51. The lowest BCUT2D eigenvalue weighted by molar-refractivity contribution is -0.137. The van der Waals surface area contributed by atoms with E-state index in [4.69, 9.17) is 0 Å². The summed E-state index contributed by atoms with van der Waals surface area (Å²) in [6.45, 7) is 1.86. The molecule has 0 rings (SSSR count). The summed E-state index contributed by atoms with van der Waals surface area (Å²) >= 11 is 0. The zero-order valence-electron chi connectivity index (χ0n) is 7.07. The van der Waals surface area contributed by atoms with Crippen molar-refractivity contribution in [1.29, 1.82) is 0 Å². The second-order valence-electron chi connectivity index (χ2n) is 1.94. The lowest BCUT2D eigenvalue weighted by Crippen LogP contribution is -2.33. The van der Waals surface area contributed by atoms with Crippen LogP contribution in [0.3, 0.4) is 0 Å². The first kappa shape index (κ1) is 11.2. The summed E-state index contributed by atoms with van der Waals surface area (Å²) in [5.74, 6) is -1.41. The Balaban J connectivity index is 3.90. The molecule has 72 valence electrons. The van der Waals surface area contributed by atoms with E-state index in [-0.39, 0.29) is 6.61 Å². The second-order valence-corrected chi connectivity index (χ2v) is 1.94. The van der Waals surface area contributed by atoms with E-state index in [0.29, 0.717) is 0 Å². The first-order valence-corrected chi connectivity index (χ1v) is 3.51. The molecule has 0 saturated carbocycles. The first-order chi connectivity index (χ1) is 6.06. The number of rotatable bonds is 3. The largest absolute Gasteiger partial charge is 0.463 e. The molecular formula is C7H10N2O4. The third-order valence-electron chi connectivity index (χ3n) is 0.904. The van der Waals surface area contributed by atoms with Gasteiger partial charge in [0.1, 0.15) is 0 Å². The van der Waals surface area contributed by atoms with Crippen LogP contribution in [0, 0.1) is 0 Å². The smallest absolute Gasteiger partial charge is 0.330 e. The Hall–Kier alpha value is -1.85. The van der Waals surface area contributed by atoms with Gasteiger partial charge in [-0.25, -0.2) is 9.59 Å². The molecule has 0 bridgehead atoms. The highest BCUT2D eigenvalue weighted by atomic mass is 16.5. The summed E-state index contributed by atoms with van der Waals surface area (Å²) in [7, 11) is 0. The number of nitrogens with one attached hydrogen (secondary N) is 1. The summed E-state index contributed by atoms with van der Waals surface area (Å²) in [6, 6.07) is -0.974. The van der Waals surface area contributed by atoms with Crippen LogP contribution in [0.2, 0.25) is 0 Å². The van der Waals surface area contributed by atoms with E-state index >= 15 is 0 Å². The zero-order valence-corrected chi connectivity index (χ0v) is 7.07. The SMILES string of the molecule is CCOC(=O)/C=C/C(=O)NC(N)=O. The highest BCUT2D eigenvalue weighted by Crippen LogP contribution is 1.80. The minimum absolute atomic E-state index is 0.223. The van der Waals surface area contributed by atoms with Crippen molar-refractivity contribution in [3.8, 4) is 0 Å². The molecule has 13 heavy (non-hydrogen) atoms. The lowest BCUT2D eigenvalue weighted by atomic mass is 10.4. The third-order valence-corrected chi connectivity index (χ3v) is 0.904. The molecule has 3 N–H and O–H groups in total. The van der Waals surface area contributed by atoms with Crippen molar-refractivity contribution in [3.63, 3.8) is 0 Å². The van der Waals surface area contributed by atoms with Gasteiger partial charge < -0.3 is 10.5 Å². The Bertz CT molecular complexity index is 247. The molecule has 0 aromatic rings. The number of urea groups is 1. The van der Waals surface area contributed by atoms with Gasteiger partial charge in [-0.05, 0) is 6.92 Å². The standard InChI is InChI=1S/C7H10N2O4/c1-2-13-6(11)4-3-5(10)9-7(8)12/h3-4H,2H2,1H3,(H3,8,9,10,12)/b4-3+. The Morgan fingerprint density at radius 2 is 2.00 bits per heavy atom. The Labute approximate surface area is 74.7 Å². The number of carbonyl (C=O) groups is 3. The fraction of sp³-hybridized carbons (Fsp3) is 0.286. The van der Waals surface area contributed by atoms with Crippen LogP contribution in [0.4, 0.5) is 4.79 Å². The number of ether oxygens (including phenoxy) is 1. The molecule has 0 saturated heterocycles. The lowest BCUT2D eigenvalue weighted by Gasteiger charge is -1.95. The normalized spacial score (nSPS) is 9.62. The predicted molar refractivity (Wildman–Crippen MR) is 43.5 cm³/mol. The fourth-order valence-electron chi connectivity index (χ4n) is 0.497. The minimum atomic E-state index is -0.974. The van der Waals surface area contributed by atoms with Crippen molar-refractivity contribution in [2.75, 3.05) is 6.61 Å². The number of nitrogens with two attached hydrogens (primary N) is 1. The predicted octanol–water partition coefficient (Wildman–Crippen LogP) is -0.699. The van der Waals surface area contributed by atoms with E-state index in [9.17, 15) is 14.4 Å². The maximum atomic E-state index is 10.7. The molecule has 0 atom stereocenters. The van der Waals surface area contributed by atoms with Crippen LogP contribution in [-0.2, 0) is 14.3 Å². The molecule has 0 fully saturated rings. The number of carbonyl (C=O) groups excluding carboxylic acids is 3. The molecule has 0 aliphatic carbocycles. The van der Waals surface area contributed by atoms with Gasteiger partial charge in [0.2, 0.25) is 0 Å². The summed E-state index contributed by atoms with van der Waals surface area (Å²) in [4.78, 5) is 31.4. The molecule has 0 spiro atoms. The van der Waals surface area contributed by atoms with Gasteiger partial charge in [0.05, 0.1) is 6.61 Å². The minimum Gasteiger partial charge on any atom is -0.463 e. The fourth-order valence-corrected chi connectivity index (χ4v) is 0.497. The Kier molecular flexibility index (Phi) is 4.94. The van der Waals surface area contributed by atoms with Gasteiger partial charge in [0, 0.05) is 12.2 Å². The molecule has 0 aliphatic heterocycles. The Morgan fingerprint density at radius 1 is 1.38 bits per heavy atom. The monoisotopic (exact) mass is 186 g/mol. The highest BCUT2D eigenvalue weighted by Gasteiger charge is 2.00. The number of primary amides is 1. The molecule has 6 nitrogen and oxygen atoms in total. The van der Waals surface area contributed by atoms with E-state index in [1.54, 1.807) is 12.2 Å². The second kappa shape index (κ2) is 5.76. The highest BCUT2D eigenvalue weighted by molar-refractivity contribution is 6.02. The maximum Gasteiger partial charge on any atom is 0.330 e. The van der Waals surface area contributed by atoms with Gasteiger partial charge in [-0.3, -0.25) is 10.1 Å². The quantitative estimate of drug-likeness (QED) is 0.449. The molecule has 0 heterocycles. The van der Waals surface area contributed by atoms with Crippen LogP contribution < -0.4 is 11.1 Å². The number of imide groups is 1. The molecule has 6 heteroatoms. The van der Waals surface area contributed by atoms with Crippen molar-refractivity contribution in [3.05, 3.63) is 12.2 Å².